The molecule has 0 saturated heterocycles. The Kier molecular flexibility index (Phi) is 5.83. The number of carbonyl (C=O) groups excluding carboxylic acids is 1. The van der Waals surface area contributed by atoms with Crippen molar-refractivity contribution in [2.75, 3.05) is 6.61 Å². The van der Waals surface area contributed by atoms with E-state index in [9.17, 15) is 4.79 Å². The molecule has 144 valence electrons. The van der Waals surface area contributed by atoms with E-state index < -0.39 is 0 Å². The number of ether oxygens (including phenoxy) is 1. The molecule has 0 radical (unpaired) electrons. The summed E-state index contributed by atoms with van der Waals surface area (Å²) in [6, 6.07) is 19.1. The van der Waals surface area contributed by atoms with Gasteiger partial charge in [-0.25, -0.2) is 0 Å². The maximum Gasteiger partial charge on any atom is 0.162 e. The van der Waals surface area contributed by atoms with E-state index in [1.54, 1.807) is 0 Å². The Balaban J connectivity index is 1.34. The lowest BCUT2D eigenvalue weighted by Crippen LogP contribution is -1.98. The molecule has 4 rings (SSSR count). The average Bonchev–Trinajstić information content (AvgIpc) is 3.31. The summed E-state index contributed by atoms with van der Waals surface area (Å²) >= 11 is 0. The van der Waals surface area contributed by atoms with Gasteiger partial charge >= 0.3 is 0 Å². The van der Waals surface area contributed by atoms with Crippen LogP contribution in [0.25, 0.3) is 21.8 Å². The molecular formula is C23H24N2O3. The monoisotopic (exact) mass is 376 g/mol. The predicted molar refractivity (Wildman–Crippen MR) is 109 cm³/mol. The molecule has 4 aromatic rings. The third kappa shape index (κ3) is 3.99. The second-order valence-electron chi connectivity index (χ2n) is 6.94. The molecular weight excluding hydrogens is 352 g/mol. The van der Waals surface area contributed by atoms with Crippen molar-refractivity contribution in [1.29, 1.82) is 0 Å². The van der Waals surface area contributed by atoms with Gasteiger partial charge in [0.15, 0.2) is 5.76 Å². The first-order valence-electron chi connectivity index (χ1n) is 9.78. The minimum Gasteiger partial charge on any atom is -0.373 e. The van der Waals surface area contributed by atoms with E-state index in [4.69, 9.17) is 9.26 Å². The normalized spacial score (nSPS) is 11.4. The van der Waals surface area contributed by atoms with Crippen LogP contribution >= 0.6 is 0 Å². The van der Waals surface area contributed by atoms with Crippen molar-refractivity contribution in [2.24, 2.45) is 0 Å². The minimum absolute atomic E-state index is 0.363. The van der Waals surface area contributed by atoms with Gasteiger partial charge in [-0.05, 0) is 31.4 Å². The fourth-order valence-corrected chi connectivity index (χ4v) is 3.67. The number of rotatable bonds is 10. The molecule has 5 nitrogen and oxygen atoms in total. The van der Waals surface area contributed by atoms with E-state index >= 15 is 0 Å². The lowest BCUT2D eigenvalue weighted by Gasteiger charge is -2.07. The van der Waals surface area contributed by atoms with E-state index in [1.807, 2.05) is 6.07 Å². The molecule has 2 aromatic carbocycles. The number of unbranched alkanes of at least 4 members (excludes halogenated alkanes) is 1. The number of hydrogen-bond acceptors (Lipinski definition) is 4. The number of aldehydes is 1. The number of fused-ring (bicyclic) bond motifs is 3. The SMILES string of the molecule is O=CCCOCc1cc(CCCCn2c3ccccc3c3ccccc32)no1. The fourth-order valence-electron chi connectivity index (χ4n) is 3.67. The molecule has 0 N–H and O–H groups in total. The van der Waals surface area contributed by atoms with Crippen LogP contribution in [0.2, 0.25) is 0 Å². The molecule has 0 spiro atoms. The second kappa shape index (κ2) is 8.85. The summed E-state index contributed by atoms with van der Waals surface area (Å²) in [4.78, 5) is 10.3. The zero-order chi connectivity index (χ0) is 19.2. The Morgan fingerprint density at radius 3 is 2.43 bits per heavy atom. The van der Waals surface area contributed by atoms with Crippen LogP contribution in [-0.2, 0) is 29.1 Å². The van der Waals surface area contributed by atoms with E-state index in [-0.39, 0.29) is 0 Å². The van der Waals surface area contributed by atoms with Crippen molar-refractivity contribution in [3.8, 4) is 0 Å². The van der Waals surface area contributed by atoms with Gasteiger partial charge < -0.3 is 18.6 Å². The van der Waals surface area contributed by atoms with Crippen molar-refractivity contribution in [3.05, 3.63) is 66.1 Å². The molecule has 0 atom stereocenters. The molecule has 5 heteroatoms. The summed E-state index contributed by atoms with van der Waals surface area (Å²) in [5.74, 6) is 0.711. The number of benzene rings is 2. The summed E-state index contributed by atoms with van der Waals surface area (Å²) in [5.41, 5.74) is 3.54. The van der Waals surface area contributed by atoms with E-state index in [0.717, 1.165) is 37.8 Å². The summed E-state index contributed by atoms with van der Waals surface area (Å²) in [5, 5.41) is 6.75. The number of aromatic nitrogens is 2. The molecule has 2 heterocycles. The molecule has 0 amide bonds. The second-order valence-corrected chi connectivity index (χ2v) is 6.94. The molecule has 0 fully saturated rings. The highest BCUT2D eigenvalue weighted by molar-refractivity contribution is 6.07. The van der Waals surface area contributed by atoms with Gasteiger partial charge in [0.05, 0.1) is 12.3 Å². The smallest absolute Gasteiger partial charge is 0.162 e. The highest BCUT2D eigenvalue weighted by atomic mass is 16.5. The average molecular weight is 376 g/mol. The first-order chi connectivity index (χ1) is 13.9. The van der Waals surface area contributed by atoms with Gasteiger partial charge in [-0.1, -0.05) is 41.6 Å². The first-order valence-corrected chi connectivity index (χ1v) is 9.78. The topological polar surface area (TPSA) is 57.3 Å². The van der Waals surface area contributed by atoms with E-state index in [2.05, 4.69) is 58.3 Å². The maximum absolute atomic E-state index is 10.3. The lowest BCUT2D eigenvalue weighted by molar-refractivity contribution is -0.108. The van der Waals surface area contributed by atoms with Crippen LogP contribution in [0.5, 0.6) is 0 Å². The molecule has 0 aliphatic heterocycles. The van der Waals surface area contributed by atoms with Crippen molar-refractivity contribution in [3.63, 3.8) is 0 Å². The Labute approximate surface area is 163 Å². The van der Waals surface area contributed by atoms with Gasteiger partial charge in [0, 0.05) is 40.8 Å². The molecule has 2 aromatic heterocycles. The van der Waals surface area contributed by atoms with Crippen molar-refractivity contribution in [2.45, 2.75) is 38.8 Å². The van der Waals surface area contributed by atoms with Crippen molar-refractivity contribution in [1.82, 2.24) is 9.72 Å². The van der Waals surface area contributed by atoms with Crippen LogP contribution < -0.4 is 0 Å². The third-order valence-electron chi connectivity index (χ3n) is 4.98. The highest BCUT2D eigenvalue weighted by Gasteiger charge is 2.09. The van der Waals surface area contributed by atoms with Crippen LogP contribution in [0.15, 0.2) is 59.1 Å². The first kappa shape index (κ1) is 18.4. The van der Waals surface area contributed by atoms with Gasteiger partial charge in [-0.15, -0.1) is 0 Å². The minimum atomic E-state index is 0.363. The maximum atomic E-state index is 10.3. The predicted octanol–water partition coefficient (Wildman–Crippen LogP) is 4.91. The van der Waals surface area contributed by atoms with Gasteiger partial charge in [0.2, 0.25) is 0 Å². The van der Waals surface area contributed by atoms with Gasteiger partial charge in [-0.2, -0.15) is 0 Å². The van der Waals surface area contributed by atoms with Crippen LogP contribution in [0.4, 0.5) is 0 Å². The van der Waals surface area contributed by atoms with Crippen molar-refractivity contribution >= 4 is 28.1 Å². The van der Waals surface area contributed by atoms with Crippen molar-refractivity contribution < 1.29 is 14.1 Å². The standard InChI is InChI=1S/C23H24N2O3/c26-14-7-15-27-17-19-16-18(24-28-19)8-5-6-13-25-22-11-3-1-9-20(22)21-10-2-4-12-23(21)25/h1-4,9-12,14,16H,5-8,13,15,17H2. The highest BCUT2D eigenvalue weighted by Crippen LogP contribution is 2.29. The van der Waals surface area contributed by atoms with Crippen LogP contribution in [0, 0.1) is 0 Å². The zero-order valence-electron chi connectivity index (χ0n) is 15.8. The van der Waals surface area contributed by atoms with Crippen LogP contribution in [-0.4, -0.2) is 22.6 Å². The Hall–Kier alpha value is -2.92. The largest absolute Gasteiger partial charge is 0.373 e. The van der Waals surface area contributed by atoms with Gasteiger partial charge in [0.25, 0.3) is 0 Å². The Morgan fingerprint density at radius 2 is 1.71 bits per heavy atom. The molecule has 0 aliphatic carbocycles. The molecule has 0 bridgehead atoms. The number of hydrogen-bond donors (Lipinski definition) is 0. The fraction of sp³-hybridized carbons (Fsp3) is 0.304. The van der Waals surface area contributed by atoms with Crippen LogP contribution in [0.1, 0.15) is 30.7 Å². The van der Waals surface area contributed by atoms with Gasteiger partial charge in [0.1, 0.15) is 12.9 Å². The molecule has 0 unspecified atom stereocenters. The Morgan fingerprint density at radius 1 is 1.00 bits per heavy atom. The lowest BCUT2D eigenvalue weighted by atomic mass is 10.2. The molecule has 0 aliphatic rings. The number of aryl methyl sites for hydroxylation is 2. The van der Waals surface area contributed by atoms with E-state index in [1.165, 1.54) is 21.8 Å². The van der Waals surface area contributed by atoms with E-state index in [0.29, 0.717) is 25.4 Å². The molecule has 0 saturated carbocycles. The summed E-state index contributed by atoms with van der Waals surface area (Å²) < 4.78 is 13.1. The quantitative estimate of drug-likeness (QED) is 0.291. The molecule has 28 heavy (non-hydrogen) atoms. The number of carbonyl (C=O) groups is 1. The number of nitrogens with zero attached hydrogens (tertiary/aromatic N) is 2. The Bertz CT molecular complexity index is 1010. The number of para-hydroxylation sites is 2. The summed E-state index contributed by atoms with van der Waals surface area (Å²) in [6.07, 6.45) is 4.25. The summed E-state index contributed by atoms with van der Waals surface area (Å²) in [7, 11) is 0. The summed E-state index contributed by atoms with van der Waals surface area (Å²) in [6.45, 7) is 1.76. The third-order valence-corrected chi connectivity index (χ3v) is 4.98. The zero-order valence-corrected chi connectivity index (χ0v) is 15.8. The van der Waals surface area contributed by atoms with Gasteiger partial charge in [-0.3, -0.25) is 0 Å². The van der Waals surface area contributed by atoms with Crippen LogP contribution in [0.3, 0.4) is 0 Å².